The van der Waals surface area contributed by atoms with Gasteiger partial charge >= 0.3 is 0 Å². The van der Waals surface area contributed by atoms with Gasteiger partial charge in [0.1, 0.15) is 11.9 Å². The van der Waals surface area contributed by atoms with Gasteiger partial charge in [0.2, 0.25) is 0 Å². The highest BCUT2D eigenvalue weighted by atomic mass is 32.1. The van der Waals surface area contributed by atoms with Crippen LogP contribution in [0.15, 0.2) is 91.3 Å². The lowest BCUT2D eigenvalue weighted by molar-refractivity contribution is 0.541. The molecule has 0 saturated carbocycles. The summed E-state index contributed by atoms with van der Waals surface area (Å²) < 4.78 is 17.0. The summed E-state index contributed by atoms with van der Waals surface area (Å²) in [6.07, 6.45) is 3.80. The third-order valence-corrected chi connectivity index (χ3v) is 5.98. The van der Waals surface area contributed by atoms with Crippen LogP contribution in [-0.4, -0.2) is 14.7 Å². The highest BCUT2D eigenvalue weighted by Crippen LogP contribution is 2.43. The molecule has 0 amide bonds. The first-order valence-electron chi connectivity index (χ1n) is 10.1. The van der Waals surface area contributed by atoms with Gasteiger partial charge in [-0.25, -0.2) is 4.39 Å². The van der Waals surface area contributed by atoms with E-state index in [1.165, 1.54) is 6.07 Å². The highest BCUT2D eigenvalue weighted by molar-refractivity contribution is 7.80. The minimum absolute atomic E-state index is 0.231. The summed E-state index contributed by atoms with van der Waals surface area (Å²) in [6.45, 7) is 2.08. The van der Waals surface area contributed by atoms with Crippen molar-refractivity contribution in [3.63, 3.8) is 0 Å². The van der Waals surface area contributed by atoms with Crippen LogP contribution in [0.5, 0.6) is 0 Å². The van der Waals surface area contributed by atoms with E-state index in [0.717, 1.165) is 22.6 Å². The Kier molecular flexibility index (Phi) is 5.00. The summed E-state index contributed by atoms with van der Waals surface area (Å²) in [5, 5.41) is 3.87. The molecule has 4 aromatic rings. The van der Waals surface area contributed by atoms with Crippen molar-refractivity contribution in [2.45, 2.75) is 19.0 Å². The van der Waals surface area contributed by atoms with Crippen LogP contribution in [0, 0.1) is 12.7 Å². The standard InChI is InChI=1S/C25H21FN4S/c1-17-9-2-4-12-20(17)29-16-8-14-22(29)24-23(19-11-6-7-15-27-19)28-25(31)30(24)21-13-5-3-10-18(21)26/h2-16,23-24H,1H3,(H,28,31)/t23-,24-/m0/s1. The summed E-state index contributed by atoms with van der Waals surface area (Å²) in [5.41, 5.74) is 4.53. The molecule has 31 heavy (non-hydrogen) atoms. The van der Waals surface area contributed by atoms with E-state index in [4.69, 9.17) is 12.2 Å². The van der Waals surface area contributed by atoms with Crippen LogP contribution in [0.3, 0.4) is 0 Å². The zero-order valence-electron chi connectivity index (χ0n) is 16.9. The van der Waals surface area contributed by atoms with Gasteiger partial charge in [-0.15, -0.1) is 0 Å². The topological polar surface area (TPSA) is 33.1 Å². The Morgan fingerprint density at radius 3 is 2.39 bits per heavy atom. The molecule has 2 atom stereocenters. The summed E-state index contributed by atoms with van der Waals surface area (Å²) in [5.74, 6) is -0.313. The van der Waals surface area contributed by atoms with Gasteiger partial charge in [-0.1, -0.05) is 36.4 Å². The van der Waals surface area contributed by atoms with Gasteiger partial charge in [-0.05, 0) is 67.2 Å². The number of nitrogens with zero attached hydrogens (tertiary/aromatic N) is 3. The van der Waals surface area contributed by atoms with Crippen molar-refractivity contribution in [1.82, 2.24) is 14.9 Å². The van der Waals surface area contributed by atoms with Gasteiger partial charge in [0.25, 0.3) is 0 Å². The zero-order chi connectivity index (χ0) is 21.4. The van der Waals surface area contributed by atoms with Gasteiger partial charge in [0.05, 0.1) is 17.4 Å². The Balaban J connectivity index is 1.71. The molecule has 1 aliphatic rings. The van der Waals surface area contributed by atoms with Crippen LogP contribution in [-0.2, 0) is 0 Å². The molecule has 0 spiro atoms. The molecule has 5 rings (SSSR count). The largest absolute Gasteiger partial charge is 0.351 e. The first-order chi connectivity index (χ1) is 15.1. The van der Waals surface area contributed by atoms with Gasteiger partial charge in [-0.2, -0.15) is 0 Å². The molecule has 4 nitrogen and oxygen atoms in total. The molecule has 1 fully saturated rings. The fourth-order valence-corrected chi connectivity index (χ4v) is 4.59. The third-order valence-electron chi connectivity index (χ3n) is 5.67. The molecule has 2 aromatic carbocycles. The molecule has 154 valence electrons. The number of aromatic nitrogens is 2. The highest BCUT2D eigenvalue weighted by Gasteiger charge is 2.43. The lowest BCUT2D eigenvalue weighted by Crippen LogP contribution is -2.31. The van der Waals surface area contributed by atoms with Crippen LogP contribution < -0.4 is 10.2 Å². The average Bonchev–Trinajstić information content (AvgIpc) is 3.39. The molecular formula is C25H21FN4S. The van der Waals surface area contributed by atoms with Crippen LogP contribution >= 0.6 is 12.2 Å². The van der Waals surface area contributed by atoms with Crippen molar-refractivity contribution in [2.24, 2.45) is 0 Å². The Bertz CT molecular complexity index is 1240. The number of hydrogen-bond donors (Lipinski definition) is 1. The number of halogens is 1. The van der Waals surface area contributed by atoms with Gasteiger partial charge in [0.15, 0.2) is 5.11 Å². The molecule has 0 bridgehead atoms. The van der Waals surface area contributed by atoms with Crippen molar-refractivity contribution < 1.29 is 4.39 Å². The average molecular weight is 429 g/mol. The number of thiocarbonyl (C=S) groups is 1. The number of anilines is 1. The maximum Gasteiger partial charge on any atom is 0.174 e. The van der Waals surface area contributed by atoms with E-state index in [9.17, 15) is 4.39 Å². The monoisotopic (exact) mass is 428 g/mol. The molecule has 3 heterocycles. The van der Waals surface area contributed by atoms with Crippen LogP contribution in [0.2, 0.25) is 0 Å². The Hall–Kier alpha value is -3.51. The van der Waals surface area contributed by atoms with E-state index in [2.05, 4.69) is 40.0 Å². The second kappa shape index (κ2) is 7.96. The van der Waals surface area contributed by atoms with Crippen molar-refractivity contribution in [3.8, 4) is 5.69 Å². The summed E-state index contributed by atoms with van der Waals surface area (Å²) in [4.78, 5) is 6.44. The molecular weight excluding hydrogens is 407 g/mol. The van der Waals surface area contributed by atoms with Crippen molar-refractivity contribution in [3.05, 3.63) is 114 Å². The van der Waals surface area contributed by atoms with Crippen LogP contribution in [0.25, 0.3) is 5.69 Å². The summed E-state index contributed by atoms with van der Waals surface area (Å²) >= 11 is 5.71. The number of pyridine rings is 1. The van der Waals surface area contributed by atoms with E-state index >= 15 is 0 Å². The number of nitrogens with one attached hydrogen (secondary N) is 1. The number of hydrogen-bond acceptors (Lipinski definition) is 2. The molecule has 0 unspecified atom stereocenters. The summed E-state index contributed by atoms with van der Waals surface area (Å²) in [6, 6.07) is 24.3. The third kappa shape index (κ3) is 3.39. The normalized spacial score (nSPS) is 18.3. The summed E-state index contributed by atoms with van der Waals surface area (Å²) in [7, 11) is 0. The van der Waals surface area contributed by atoms with Gasteiger partial charge < -0.3 is 14.8 Å². The maximum atomic E-state index is 14.9. The van der Waals surface area contributed by atoms with Crippen molar-refractivity contribution in [1.29, 1.82) is 0 Å². The SMILES string of the molecule is Cc1ccccc1-n1cccc1[C@H]1[C@H](c2ccccn2)NC(=S)N1c1ccccc1F. The fourth-order valence-electron chi connectivity index (χ4n) is 4.25. The van der Waals surface area contributed by atoms with Crippen LogP contribution in [0.4, 0.5) is 10.1 Å². The van der Waals surface area contributed by atoms with E-state index in [0.29, 0.717) is 10.8 Å². The molecule has 6 heteroatoms. The lowest BCUT2D eigenvalue weighted by Gasteiger charge is -2.29. The van der Waals surface area contributed by atoms with E-state index in [-0.39, 0.29) is 17.9 Å². The molecule has 1 N–H and O–H groups in total. The number of rotatable bonds is 4. The minimum atomic E-state index is -0.313. The van der Waals surface area contributed by atoms with Crippen molar-refractivity contribution >= 4 is 23.0 Å². The first kappa shape index (κ1) is 19.5. The Labute approximate surface area is 186 Å². The number of aryl methyl sites for hydroxylation is 1. The Morgan fingerprint density at radius 1 is 0.903 bits per heavy atom. The smallest absolute Gasteiger partial charge is 0.174 e. The lowest BCUT2D eigenvalue weighted by atomic mass is 10.0. The maximum absolute atomic E-state index is 14.9. The molecule has 0 aliphatic carbocycles. The molecule has 0 radical (unpaired) electrons. The first-order valence-corrected chi connectivity index (χ1v) is 10.5. The molecule has 1 saturated heterocycles. The molecule has 2 aromatic heterocycles. The van der Waals surface area contributed by atoms with E-state index in [1.807, 2.05) is 53.6 Å². The minimum Gasteiger partial charge on any atom is -0.351 e. The van der Waals surface area contributed by atoms with Gasteiger partial charge in [-0.3, -0.25) is 4.98 Å². The van der Waals surface area contributed by atoms with Gasteiger partial charge in [0, 0.05) is 23.8 Å². The molecule has 1 aliphatic heterocycles. The predicted octanol–water partition coefficient (Wildman–Crippen LogP) is 5.50. The Morgan fingerprint density at radius 2 is 1.65 bits per heavy atom. The second-order valence-corrected chi connectivity index (χ2v) is 7.92. The van der Waals surface area contributed by atoms with Crippen LogP contribution in [0.1, 0.15) is 29.0 Å². The van der Waals surface area contributed by atoms with Crippen molar-refractivity contribution in [2.75, 3.05) is 4.90 Å². The quantitative estimate of drug-likeness (QED) is 0.435. The predicted molar refractivity (Wildman–Crippen MR) is 125 cm³/mol. The van der Waals surface area contributed by atoms with E-state index < -0.39 is 0 Å². The number of benzene rings is 2. The zero-order valence-corrected chi connectivity index (χ0v) is 17.8. The number of para-hydroxylation sites is 2. The second-order valence-electron chi connectivity index (χ2n) is 7.54. The van der Waals surface area contributed by atoms with E-state index in [1.54, 1.807) is 18.3 Å². The fraction of sp³-hybridized carbons (Fsp3) is 0.120.